The summed E-state index contributed by atoms with van der Waals surface area (Å²) in [5.41, 5.74) is 0.271. The summed E-state index contributed by atoms with van der Waals surface area (Å²) in [7, 11) is 0. The van der Waals surface area contributed by atoms with E-state index >= 15 is 0 Å². The predicted octanol–water partition coefficient (Wildman–Crippen LogP) is 3.55. The minimum Gasteiger partial charge on any atom is -0.478 e. The molecule has 0 aliphatic carbocycles. The van der Waals surface area contributed by atoms with E-state index in [2.05, 4.69) is 15.9 Å². The number of furan rings is 1. The molecule has 0 saturated carbocycles. The van der Waals surface area contributed by atoms with E-state index in [9.17, 15) is 9.18 Å². The molecule has 3 nitrogen and oxygen atoms in total. The van der Waals surface area contributed by atoms with Crippen LogP contribution in [0.1, 0.15) is 10.4 Å². The molecule has 0 bridgehead atoms. The second-order valence-electron chi connectivity index (χ2n) is 3.13. The van der Waals surface area contributed by atoms with Crippen LogP contribution in [0, 0.1) is 5.82 Å². The van der Waals surface area contributed by atoms with Gasteiger partial charge in [0, 0.05) is 5.56 Å². The summed E-state index contributed by atoms with van der Waals surface area (Å²) >= 11 is 3.23. The van der Waals surface area contributed by atoms with Gasteiger partial charge in [0.15, 0.2) is 0 Å². The van der Waals surface area contributed by atoms with E-state index in [1.165, 1.54) is 18.4 Å². The summed E-state index contributed by atoms with van der Waals surface area (Å²) < 4.78 is 19.0. The fraction of sp³-hybridized carbons (Fsp3) is 0. The molecular weight excluding hydrogens is 279 g/mol. The topological polar surface area (TPSA) is 50.4 Å². The van der Waals surface area contributed by atoms with Gasteiger partial charge in [-0.15, -0.1) is 0 Å². The Balaban J connectivity index is 2.58. The fourth-order valence-electron chi connectivity index (χ4n) is 1.34. The van der Waals surface area contributed by atoms with Gasteiger partial charge in [0.2, 0.25) is 0 Å². The van der Waals surface area contributed by atoms with Crippen molar-refractivity contribution in [2.45, 2.75) is 0 Å². The molecule has 0 spiro atoms. The van der Waals surface area contributed by atoms with E-state index < -0.39 is 11.8 Å². The molecule has 0 unspecified atom stereocenters. The van der Waals surface area contributed by atoms with Crippen LogP contribution in [-0.2, 0) is 0 Å². The van der Waals surface area contributed by atoms with Crippen LogP contribution in [0.25, 0.3) is 11.3 Å². The summed E-state index contributed by atoms with van der Waals surface area (Å²) in [4.78, 5) is 10.8. The highest BCUT2D eigenvalue weighted by atomic mass is 79.9. The monoisotopic (exact) mass is 284 g/mol. The first-order valence-electron chi connectivity index (χ1n) is 4.35. The number of benzene rings is 1. The van der Waals surface area contributed by atoms with Crippen LogP contribution in [0.5, 0.6) is 0 Å². The van der Waals surface area contributed by atoms with Crippen LogP contribution in [0.2, 0.25) is 0 Å². The third-order valence-electron chi connectivity index (χ3n) is 2.02. The van der Waals surface area contributed by atoms with Crippen LogP contribution in [0.3, 0.4) is 0 Å². The van der Waals surface area contributed by atoms with E-state index in [1.807, 2.05) is 0 Å². The van der Waals surface area contributed by atoms with E-state index in [4.69, 9.17) is 9.52 Å². The predicted molar refractivity (Wildman–Crippen MR) is 58.8 cm³/mol. The van der Waals surface area contributed by atoms with Gasteiger partial charge in [0.1, 0.15) is 11.6 Å². The van der Waals surface area contributed by atoms with Crippen molar-refractivity contribution in [3.63, 3.8) is 0 Å². The molecule has 0 saturated heterocycles. The lowest BCUT2D eigenvalue weighted by atomic mass is 10.1. The molecule has 2 rings (SSSR count). The SMILES string of the molecule is O=C(O)c1cc(F)cc(-c2occc2Br)c1. The Morgan fingerprint density at radius 2 is 2.12 bits per heavy atom. The van der Waals surface area contributed by atoms with Crippen molar-refractivity contribution in [2.75, 3.05) is 0 Å². The molecular formula is C11H6BrFO3. The molecule has 0 radical (unpaired) electrons. The molecule has 1 aromatic carbocycles. The molecule has 16 heavy (non-hydrogen) atoms. The number of carboxylic acid groups (broad SMARTS) is 1. The normalized spacial score (nSPS) is 10.4. The van der Waals surface area contributed by atoms with Crippen LogP contribution in [-0.4, -0.2) is 11.1 Å². The minimum absolute atomic E-state index is 0.113. The minimum atomic E-state index is -1.18. The van der Waals surface area contributed by atoms with Gasteiger partial charge in [0.05, 0.1) is 16.3 Å². The summed E-state index contributed by atoms with van der Waals surface area (Å²) in [6.07, 6.45) is 1.44. The van der Waals surface area contributed by atoms with Gasteiger partial charge in [-0.1, -0.05) is 0 Å². The van der Waals surface area contributed by atoms with Gasteiger partial charge >= 0.3 is 5.97 Å². The maximum Gasteiger partial charge on any atom is 0.335 e. The van der Waals surface area contributed by atoms with E-state index in [0.717, 1.165) is 6.07 Å². The molecule has 1 aromatic heterocycles. The fourth-order valence-corrected chi connectivity index (χ4v) is 1.77. The zero-order valence-corrected chi connectivity index (χ0v) is 9.49. The van der Waals surface area contributed by atoms with Gasteiger partial charge in [-0.3, -0.25) is 0 Å². The zero-order valence-electron chi connectivity index (χ0n) is 7.91. The Morgan fingerprint density at radius 1 is 1.38 bits per heavy atom. The van der Waals surface area contributed by atoms with Crippen LogP contribution in [0.4, 0.5) is 4.39 Å². The van der Waals surface area contributed by atoms with Gasteiger partial charge in [-0.05, 0) is 40.2 Å². The average Bonchev–Trinajstić information content (AvgIpc) is 2.63. The number of carbonyl (C=O) groups is 1. The van der Waals surface area contributed by atoms with Crippen molar-refractivity contribution in [2.24, 2.45) is 0 Å². The highest BCUT2D eigenvalue weighted by Gasteiger charge is 2.12. The second-order valence-corrected chi connectivity index (χ2v) is 3.99. The summed E-state index contributed by atoms with van der Waals surface area (Å²) in [5, 5.41) is 8.79. The quantitative estimate of drug-likeness (QED) is 0.918. The van der Waals surface area contributed by atoms with Gasteiger partial charge in [-0.2, -0.15) is 0 Å². The number of carboxylic acids is 1. The smallest absolute Gasteiger partial charge is 0.335 e. The molecule has 2 aromatic rings. The summed E-state index contributed by atoms with van der Waals surface area (Å²) in [5.74, 6) is -1.39. The third-order valence-corrected chi connectivity index (χ3v) is 2.65. The molecule has 5 heteroatoms. The Kier molecular flexibility index (Phi) is 2.78. The second kappa shape index (κ2) is 4.09. The molecule has 0 amide bonds. The molecule has 0 aliphatic rings. The lowest BCUT2D eigenvalue weighted by molar-refractivity contribution is 0.0696. The van der Waals surface area contributed by atoms with Gasteiger partial charge in [-0.25, -0.2) is 9.18 Å². The largest absolute Gasteiger partial charge is 0.478 e. The van der Waals surface area contributed by atoms with Gasteiger partial charge < -0.3 is 9.52 Å². The Hall–Kier alpha value is -1.62. The summed E-state index contributed by atoms with van der Waals surface area (Å²) in [6.45, 7) is 0. The first kappa shape index (κ1) is 10.9. The number of hydrogen-bond donors (Lipinski definition) is 1. The lowest BCUT2D eigenvalue weighted by Crippen LogP contribution is -1.97. The Labute approximate surface area is 98.6 Å². The van der Waals surface area contributed by atoms with Crippen molar-refractivity contribution in [3.8, 4) is 11.3 Å². The Morgan fingerprint density at radius 3 is 2.69 bits per heavy atom. The first-order chi connectivity index (χ1) is 7.58. The molecule has 0 fully saturated rings. The number of aromatic carboxylic acids is 1. The van der Waals surface area contributed by atoms with Crippen molar-refractivity contribution in [1.29, 1.82) is 0 Å². The third kappa shape index (κ3) is 1.99. The molecule has 0 atom stereocenters. The maximum atomic E-state index is 13.2. The molecule has 1 N–H and O–H groups in total. The zero-order chi connectivity index (χ0) is 11.7. The van der Waals surface area contributed by atoms with Crippen molar-refractivity contribution in [1.82, 2.24) is 0 Å². The summed E-state index contributed by atoms with van der Waals surface area (Å²) in [6, 6.07) is 5.19. The highest BCUT2D eigenvalue weighted by molar-refractivity contribution is 9.10. The van der Waals surface area contributed by atoms with E-state index in [0.29, 0.717) is 15.8 Å². The van der Waals surface area contributed by atoms with Crippen molar-refractivity contribution < 1.29 is 18.7 Å². The van der Waals surface area contributed by atoms with Gasteiger partial charge in [0.25, 0.3) is 0 Å². The van der Waals surface area contributed by atoms with Crippen molar-refractivity contribution >= 4 is 21.9 Å². The van der Waals surface area contributed by atoms with E-state index in [1.54, 1.807) is 6.07 Å². The first-order valence-corrected chi connectivity index (χ1v) is 5.14. The highest BCUT2D eigenvalue weighted by Crippen LogP contribution is 2.30. The van der Waals surface area contributed by atoms with Crippen LogP contribution >= 0.6 is 15.9 Å². The standard InChI is InChI=1S/C11H6BrFO3/c12-9-1-2-16-10(9)6-3-7(11(14)15)5-8(13)4-6/h1-5H,(H,14,15). The number of halogens is 2. The maximum absolute atomic E-state index is 13.2. The van der Waals surface area contributed by atoms with E-state index in [-0.39, 0.29) is 5.56 Å². The van der Waals surface area contributed by atoms with Crippen LogP contribution in [0.15, 0.2) is 39.4 Å². The van der Waals surface area contributed by atoms with Crippen molar-refractivity contribution in [3.05, 3.63) is 46.4 Å². The molecule has 0 aliphatic heterocycles. The Bertz CT molecular complexity index is 548. The number of rotatable bonds is 2. The van der Waals surface area contributed by atoms with Crippen LogP contribution < -0.4 is 0 Å². The average molecular weight is 285 g/mol. The number of hydrogen-bond acceptors (Lipinski definition) is 2. The molecule has 82 valence electrons. The molecule has 1 heterocycles. The lowest BCUT2D eigenvalue weighted by Gasteiger charge is -2.01.